The van der Waals surface area contributed by atoms with E-state index in [0.717, 1.165) is 16.2 Å². The van der Waals surface area contributed by atoms with Gasteiger partial charge in [0, 0.05) is 24.2 Å². The molecule has 2 aromatic carbocycles. The summed E-state index contributed by atoms with van der Waals surface area (Å²) in [6.07, 6.45) is 1.55. The zero-order valence-electron chi connectivity index (χ0n) is 18.9. The van der Waals surface area contributed by atoms with Gasteiger partial charge in [-0.15, -0.1) is 11.3 Å². The number of amides is 2. The first kappa shape index (κ1) is 24.2. The zero-order chi connectivity index (χ0) is 25.3. The van der Waals surface area contributed by atoms with Crippen molar-refractivity contribution in [2.24, 2.45) is 0 Å². The lowest BCUT2D eigenvalue weighted by Crippen LogP contribution is -2.34. The Morgan fingerprint density at radius 3 is 2.51 bits per heavy atom. The van der Waals surface area contributed by atoms with E-state index in [-0.39, 0.29) is 26.7 Å². The van der Waals surface area contributed by atoms with Crippen molar-refractivity contribution in [3.63, 3.8) is 0 Å². The lowest BCUT2D eigenvalue weighted by molar-refractivity contribution is 0.256. The van der Waals surface area contributed by atoms with Crippen LogP contribution in [0.3, 0.4) is 0 Å². The third-order valence-electron chi connectivity index (χ3n) is 5.18. The standard InChI is InChI=1S/C23H21FN4O5S2/c1-13-4-7-21(34-13)35(31,32)27-23(30)26-18-6-5-15(11-20(18)33-3)28-9-8-14-10-19(25-2)17(24)12-16(14)22(28)29/h4-12,25H,1-3H3,(H2,26,27,30). The number of thiophene rings is 1. The zero-order valence-corrected chi connectivity index (χ0v) is 20.5. The van der Waals surface area contributed by atoms with Gasteiger partial charge in [-0.3, -0.25) is 9.36 Å². The molecule has 0 unspecified atom stereocenters. The SMILES string of the molecule is CNc1cc2ccn(-c3ccc(NC(=O)NS(=O)(=O)c4ccc(C)s4)c(OC)c3)c(=O)c2cc1F. The third kappa shape index (κ3) is 4.84. The van der Waals surface area contributed by atoms with E-state index in [9.17, 15) is 22.4 Å². The summed E-state index contributed by atoms with van der Waals surface area (Å²) < 4.78 is 47.6. The van der Waals surface area contributed by atoms with E-state index >= 15 is 0 Å². The van der Waals surface area contributed by atoms with Crippen LogP contribution in [0.15, 0.2) is 63.7 Å². The maximum absolute atomic E-state index is 14.2. The summed E-state index contributed by atoms with van der Waals surface area (Å²) in [6, 6.07) is 11.0. The number of anilines is 2. The number of nitrogens with one attached hydrogen (secondary N) is 3. The van der Waals surface area contributed by atoms with Crippen LogP contribution >= 0.6 is 11.3 Å². The molecule has 4 aromatic rings. The number of urea groups is 1. The van der Waals surface area contributed by atoms with E-state index in [1.165, 1.54) is 35.9 Å². The van der Waals surface area contributed by atoms with Crippen molar-refractivity contribution in [3.8, 4) is 11.4 Å². The average Bonchev–Trinajstić information content (AvgIpc) is 3.27. The number of nitrogens with zero attached hydrogens (tertiary/aromatic N) is 1. The van der Waals surface area contributed by atoms with Gasteiger partial charge in [0.05, 0.1) is 29.6 Å². The number of sulfonamides is 1. The van der Waals surface area contributed by atoms with Crippen molar-refractivity contribution in [2.75, 3.05) is 24.8 Å². The highest BCUT2D eigenvalue weighted by Crippen LogP contribution is 2.28. The molecule has 2 aromatic heterocycles. The number of pyridine rings is 1. The summed E-state index contributed by atoms with van der Waals surface area (Å²) in [5.41, 5.74) is 0.424. The summed E-state index contributed by atoms with van der Waals surface area (Å²) in [5, 5.41) is 5.94. The number of aromatic nitrogens is 1. The minimum absolute atomic E-state index is 0.0152. The van der Waals surface area contributed by atoms with E-state index in [1.807, 2.05) is 4.72 Å². The predicted molar refractivity (Wildman–Crippen MR) is 134 cm³/mol. The second kappa shape index (κ2) is 9.39. The first-order valence-corrected chi connectivity index (χ1v) is 12.5. The molecule has 0 aliphatic rings. The normalized spacial score (nSPS) is 11.3. The van der Waals surface area contributed by atoms with Gasteiger partial charge >= 0.3 is 6.03 Å². The molecule has 0 atom stereocenters. The fourth-order valence-electron chi connectivity index (χ4n) is 3.47. The number of carbonyl (C=O) groups is 1. The fourth-order valence-corrected chi connectivity index (χ4v) is 5.66. The summed E-state index contributed by atoms with van der Waals surface area (Å²) >= 11 is 1.04. The molecule has 3 N–H and O–H groups in total. The molecule has 0 aliphatic carbocycles. The molecule has 2 amide bonds. The molecule has 0 spiro atoms. The van der Waals surface area contributed by atoms with Gasteiger partial charge in [0.15, 0.2) is 0 Å². The summed E-state index contributed by atoms with van der Waals surface area (Å²) in [5.74, 6) is -0.364. The van der Waals surface area contributed by atoms with Crippen LogP contribution in [0.5, 0.6) is 5.75 Å². The molecular formula is C23H21FN4O5S2. The highest BCUT2D eigenvalue weighted by atomic mass is 32.2. The Balaban J connectivity index is 1.62. The van der Waals surface area contributed by atoms with Gasteiger partial charge in [-0.25, -0.2) is 22.3 Å². The van der Waals surface area contributed by atoms with E-state index < -0.39 is 27.4 Å². The van der Waals surface area contributed by atoms with Crippen molar-refractivity contribution in [3.05, 3.63) is 75.8 Å². The Bertz CT molecular complexity index is 1610. The van der Waals surface area contributed by atoms with Gasteiger partial charge in [0.1, 0.15) is 15.8 Å². The molecule has 12 heteroatoms. The topological polar surface area (TPSA) is 119 Å². The Kier molecular flexibility index (Phi) is 6.50. The number of rotatable bonds is 6. The van der Waals surface area contributed by atoms with Gasteiger partial charge in [-0.1, -0.05) is 0 Å². The van der Waals surface area contributed by atoms with Crippen molar-refractivity contribution in [2.45, 2.75) is 11.1 Å². The van der Waals surface area contributed by atoms with E-state index in [0.29, 0.717) is 11.1 Å². The van der Waals surface area contributed by atoms with Gasteiger partial charge in [0.25, 0.3) is 15.6 Å². The Labute approximate surface area is 204 Å². The number of carbonyl (C=O) groups excluding carboxylic acids is 1. The molecule has 0 aliphatic heterocycles. The molecule has 182 valence electrons. The second-order valence-corrected chi connectivity index (χ2v) is 10.7. The number of aryl methyl sites for hydroxylation is 1. The average molecular weight is 517 g/mol. The Morgan fingerprint density at radius 2 is 1.86 bits per heavy atom. The van der Waals surface area contributed by atoms with Crippen molar-refractivity contribution in [1.29, 1.82) is 0 Å². The molecule has 0 bridgehead atoms. The number of methoxy groups -OCH3 is 1. The number of ether oxygens (including phenoxy) is 1. The van der Waals surface area contributed by atoms with Crippen molar-refractivity contribution < 1.29 is 22.3 Å². The molecule has 4 rings (SSSR count). The van der Waals surface area contributed by atoms with Gasteiger partial charge < -0.3 is 15.4 Å². The minimum Gasteiger partial charge on any atom is -0.494 e. The van der Waals surface area contributed by atoms with Crippen LogP contribution in [0.4, 0.5) is 20.6 Å². The van der Waals surface area contributed by atoms with Crippen LogP contribution in [0.1, 0.15) is 4.88 Å². The van der Waals surface area contributed by atoms with Gasteiger partial charge in [0.2, 0.25) is 0 Å². The van der Waals surface area contributed by atoms with Crippen LogP contribution in [0.2, 0.25) is 0 Å². The highest BCUT2D eigenvalue weighted by molar-refractivity contribution is 7.92. The van der Waals surface area contributed by atoms with Crippen molar-refractivity contribution >= 4 is 49.5 Å². The second-order valence-electron chi connectivity index (χ2n) is 7.47. The quantitative estimate of drug-likeness (QED) is 0.356. The van der Waals surface area contributed by atoms with Crippen LogP contribution < -0.4 is 25.7 Å². The lowest BCUT2D eigenvalue weighted by atomic mass is 10.1. The highest BCUT2D eigenvalue weighted by Gasteiger charge is 2.20. The van der Waals surface area contributed by atoms with E-state index in [4.69, 9.17) is 4.74 Å². The Hall–Kier alpha value is -3.90. The molecule has 0 fully saturated rings. The maximum atomic E-state index is 14.2. The minimum atomic E-state index is -4.03. The molecule has 2 heterocycles. The van der Waals surface area contributed by atoms with Crippen LogP contribution in [0.25, 0.3) is 16.5 Å². The first-order chi connectivity index (χ1) is 16.6. The number of halogens is 1. The lowest BCUT2D eigenvalue weighted by Gasteiger charge is -2.14. The molecule has 0 saturated heterocycles. The molecule has 35 heavy (non-hydrogen) atoms. The summed E-state index contributed by atoms with van der Waals surface area (Å²) in [4.78, 5) is 26.2. The first-order valence-electron chi connectivity index (χ1n) is 10.2. The monoisotopic (exact) mass is 516 g/mol. The number of benzene rings is 2. The van der Waals surface area contributed by atoms with E-state index in [2.05, 4.69) is 10.6 Å². The predicted octanol–water partition coefficient (Wildman–Crippen LogP) is 4.06. The van der Waals surface area contributed by atoms with Gasteiger partial charge in [-0.2, -0.15) is 0 Å². The van der Waals surface area contributed by atoms with E-state index in [1.54, 1.807) is 44.4 Å². The maximum Gasteiger partial charge on any atom is 0.333 e. The number of hydrogen-bond acceptors (Lipinski definition) is 7. The summed E-state index contributed by atoms with van der Waals surface area (Å²) in [7, 11) is -1.07. The summed E-state index contributed by atoms with van der Waals surface area (Å²) in [6.45, 7) is 1.76. The molecular weight excluding hydrogens is 495 g/mol. The van der Waals surface area contributed by atoms with Crippen molar-refractivity contribution in [1.82, 2.24) is 9.29 Å². The largest absolute Gasteiger partial charge is 0.494 e. The molecule has 9 nitrogen and oxygen atoms in total. The fraction of sp³-hybridized carbons (Fsp3) is 0.130. The van der Waals surface area contributed by atoms with Crippen LogP contribution in [-0.2, 0) is 10.0 Å². The smallest absolute Gasteiger partial charge is 0.333 e. The molecule has 0 saturated carbocycles. The Morgan fingerprint density at radius 1 is 1.09 bits per heavy atom. The van der Waals surface area contributed by atoms with Crippen LogP contribution in [0, 0.1) is 12.7 Å². The molecule has 0 radical (unpaired) electrons. The third-order valence-corrected chi connectivity index (χ3v) is 8.00. The van der Waals surface area contributed by atoms with Gasteiger partial charge in [-0.05, 0) is 54.8 Å². The number of hydrogen-bond donors (Lipinski definition) is 3. The van der Waals surface area contributed by atoms with Crippen LogP contribution in [-0.4, -0.2) is 33.2 Å². The number of fused-ring (bicyclic) bond motifs is 1.